The van der Waals surface area contributed by atoms with Gasteiger partial charge in [0, 0.05) is 6.42 Å². The number of amides is 1. The first-order valence-corrected chi connectivity index (χ1v) is 6.66. The van der Waals surface area contributed by atoms with Gasteiger partial charge < -0.3 is 15.4 Å². The fraction of sp³-hybridized carbons (Fsp3) is 0.846. The highest BCUT2D eigenvalue weighted by molar-refractivity contribution is 5.84. The van der Waals surface area contributed by atoms with Gasteiger partial charge in [-0.1, -0.05) is 20.3 Å². The molecular formula is C13H24N2O3. The Balaban J connectivity index is 2.48. The molecule has 1 fully saturated rings. The van der Waals surface area contributed by atoms with Gasteiger partial charge >= 0.3 is 5.97 Å². The van der Waals surface area contributed by atoms with Crippen molar-refractivity contribution in [3.63, 3.8) is 0 Å². The van der Waals surface area contributed by atoms with Crippen LogP contribution in [-0.2, 0) is 14.3 Å². The molecule has 1 aliphatic rings. The minimum atomic E-state index is -0.526. The Labute approximate surface area is 109 Å². The van der Waals surface area contributed by atoms with Gasteiger partial charge in [-0.25, -0.2) is 4.79 Å². The Morgan fingerprint density at radius 2 is 2.22 bits per heavy atom. The van der Waals surface area contributed by atoms with Crippen LogP contribution in [0.4, 0.5) is 0 Å². The number of nitrogens with one attached hydrogen (secondary N) is 2. The third kappa shape index (κ3) is 4.29. The summed E-state index contributed by atoms with van der Waals surface area (Å²) in [7, 11) is 1.35. The lowest BCUT2D eigenvalue weighted by molar-refractivity contribution is -0.146. The van der Waals surface area contributed by atoms with Crippen molar-refractivity contribution in [2.24, 2.45) is 11.8 Å². The van der Waals surface area contributed by atoms with Crippen LogP contribution in [0.25, 0.3) is 0 Å². The Kier molecular flexibility index (Phi) is 6.12. The molecular weight excluding hydrogens is 232 g/mol. The average molecular weight is 256 g/mol. The number of esters is 1. The van der Waals surface area contributed by atoms with Gasteiger partial charge in [-0.05, 0) is 31.3 Å². The zero-order chi connectivity index (χ0) is 13.5. The monoisotopic (exact) mass is 256 g/mol. The molecule has 0 aromatic rings. The summed E-state index contributed by atoms with van der Waals surface area (Å²) in [6.07, 6.45) is 2.33. The van der Waals surface area contributed by atoms with Gasteiger partial charge in [0.25, 0.3) is 0 Å². The van der Waals surface area contributed by atoms with Crippen molar-refractivity contribution in [3.05, 3.63) is 0 Å². The molecule has 1 rings (SSSR count). The van der Waals surface area contributed by atoms with Gasteiger partial charge in [0.15, 0.2) is 0 Å². The van der Waals surface area contributed by atoms with Crippen molar-refractivity contribution >= 4 is 11.9 Å². The lowest BCUT2D eigenvalue weighted by Gasteiger charge is -2.22. The summed E-state index contributed by atoms with van der Waals surface area (Å²) in [6.45, 7) is 5.80. The smallest absolute Gasteiger partial charge is 0.328 e. The van der Waals surface area contributed by atoms with Crippen LogP contribution in [0, 0.1) is 11.8 Å². The highest BCUT2D eigenvalue weighted by atomic mass is 16.5. The van der Waals surface area contributed by atoms with Crippen molar-refractivity contribution in [3.8, 4) is 0 Å². The predicted molar refractivity (Wildman–Crippen MR) is 69.0 cm³/mol. The Hall–Kier alpha value is -1.10. The molecule has 3 atom stereocenters. The van der Waals surface area contributed by atoms with E-state index in [0.717, 1.165) is 25.9 Å². The molecule has 0 spiro atoms. The van der Waals surface area contributed by atoms with E-state index >= 15 is 0 Å². The van der Waals surface area contributed by atoms with Crippen LogP contribution in [0.5, 0.6) is 0 Å². The molecule has 1 aliphatic heterocycles. The van der Waals surface area contributed by atoms with Crippen LogP contribution in [-0.4, -0.2) is 38.1 Å². The number of ether oxygens (including phenoxy) is 1. The second-order valence-electron chi connectivity index (χ2n) is 5.02. The lowest BCUT2D eigenvalue weighted by atomic mass is 9.98. The highest BCUT2D eigenvalue weighted by Crippen LogP contribution is 2.14. The lowest BCUT2D eigenvalue weighted by Crippen LogP contribution is -2.46. The first-order valence-electron chi connectivity index (χ1n) is 6.66. The van der Waals surface area contributed by atoms with E-state index in [1.807, 2.05) is 13.8 Å². The summed E-state index contributed by atoms with van der Waals surface area (Å²) in [5.41, 5.74) is 0. The molecule has 1 heterocycles. The van der Waals surface area contributed by atoms with E-state index < -0.39 is 6.04 Å². The summed E-state index contributed by atoms with van der Waals surface area (Å²) < 4.78 is 4.74. The highest BCUT2D eigenvalue weighted by Gasteiger charge is 2.27. The second kappa shape index (κ2) is 7.36. The van der Waals surface area contributed by atoms with Crippen molar-refractivity contribution in [1.29, 1.82) is 0 Å². The van der Waals surface area contributed by atoms with E-state index in [1.165, 1.54) is 7.11 Å². The van der Waals surface area contributed by atoms with Gasteiger partial charge in [0.2, 0.25) is 5.91 Å². The van der Waals surface area contributed by atoms with Gasteiger partial charge in [-0.2, -0.15) is 0 Å². The fourth-order valence-corrected chi connectivity index (χ4v) is 2.18. The molecule has 0 aromatic carbocycles. The minimum Gasteiger partial charge on any atom is -0.467 e. The van der Waals surface area contributed by atoms with Crippen LogP contribution in [0.15, 0.2) is 0 Å². The maximum absolute atomic E-state index is 11.9. The number of carbonyl (C=O) groups excluding carboxylic acids is 2. The number of methoxy groups -OCH3 is 1. The predicted octanol–water partition coefficient (Wildman–Crippen LogP) is 0.690. The second-order valence-corrected chi connectivity index (χ2v) is 5.02. The number of hydrogen-bond acceptors (Lipinski definition) is 4. The normalized spacial score (nSPS) is 22.3. The van der Waals surface area contributed by atoms with Crippen LogP contribution < -0.4 is 10.6 Å². The summed E-state index contributed by atoms with van der Waals surface area (Å²) in [5, 5.41) is 6.03. The van der Waals surface area contributed by atoms with E-state index in [1.54, 1.807) is 0 Å². The number of rotatable bonds is 6. The maximum Gasteiger partial charge on any atom is 0.328 e. The molecule has 0 saturated carbocycles. The SMILES string of the molecule is CCC(C)C(NC(=O)CC1CCNC1)C(=O)OC. The van der Waals surface area contributed by atoms with Crippen LogP contribution in [0.3, 0.4) is 0 Å². The molecule has 3 unspecified atom stereocenters. The molecule has 0 aliphatic carbocycles. The Morgan fingerprint density at radius 3 is 2.72 bits per heavy atom. The molecule has 0 bridgehead atoms. The van der Waals surface area contributed by atoms with Crippen LogP contribution >= 0.6 is 0 Å². The van der Waals surface area contributed by atoms with Crippen molar-refractivity contribution < 1.29 is 14.3 Å². The third-order valence-electron chi connectivity index (χ3n) is 3.62. The fourth-order valence-electron chi connectivity index (χ4n) is 2.18. The Morgan fingerprint density at radius 1 is 1.50 bits per heavy atom. The summed E-state index contributed by atoms with van der Waals surface area (Å²) in [6, 6.07) is -0.526. The standard InChI is InChI=1S/C13H24N2O3/c1-4-9(2)12(13(17)18-3)15-11(16)7-10-5-6-14-8-10/h9-10,12,14H,4-8H2,1-3H3,(H,15,16). The van der Waals surface area contributed by atoms with Gasteiger partial charge in [-0.15, -0.1) is 0 Å². The van der Waals surface area contributed by atoms with E-state index in [2.05, 4.69) is 10.6 Å². The molecule has 1 saturated heterocycles. The third-order valence-corrected chi connectivity index (χ3v) is 3.62. The summed E-state index contributed by atoms with van der Waals surface area (Å²) in [4.78, 5) is 23.5. The average Bonchev–Trinajstić information content (AvgIpc) is 2.86. The van der Waals surface area contributed by atoms with Crippen molar-refractivity contribution in [2.75, 3.05) is 20.2 Å². The molecule has 0 radical (unpaired) electrons. The molecule has 18 heavy (non-hydrogen) atoms. The first-order chi connectivity index (χ1) is 8.58. The van der Waals surface area contributed by atoms with Gasteiger partial charge in [0.05, 0.1) is 7.11 Å². The topological polar surface area (TPSA) is 67.4 Å². The van der Waals surface area contributed by atoms with E-state index in [0.29, 0.717) is 12.3 Å². The van der Waals surface area contributed by atoms with E-state index in [-0.39, 0.29) is 17.8 Å². The van der Waals surface area contributed by atoms with Gasteiger partial charge in [0.1, 0.15) is 6.04 Å². The molecule has 0 aromatic heterocycles. The minimum absolute atomic E-state index is 0.0561. The van der Waals surface area contributed by atoms with E-state index in [4.69, 9.17) is 4.74 Å². The number of hydrogen-bond donors (Lipinski definition) is 2. The van der Waals surface area contributed by atoms with Crippen molar-refractivity contribution in [2.45, 2.75) is 39.2 Å². The van der Waals surface area contributed by atoms with Crippen LogP contribution in [0.2, 0.25) is 0 Å². The van der Waals surface area contributed by atoms with E-state index in [9.17, 15) is 9.59 Å². The Bertz CT molecular complexity index is 288. The van der Waals surface area contributed by atoms with Crippen molar-refractivity contribution in [1.82, 2.24) is 10.6 Å². The zero-order valence-corrected chi connectivity index (χ0v) is 11.5. The largest absolute Gasteiger partial charge is 0.467 e. The molecule has 2 N–H and O–H groups in total. The molecule has 1 amide bonds. The molecule has 5 heteroatoms. The van der Waals surface area contributed by atoms with Crippen LogP contribution in [0.1, 0.15) is 33.1 Å². The quantitative estimate of drug-likeness (QED) is 0.686. The van der Waals surface area contributed by atoms with Gasteiger partial charge in [-0.3, -0.25) is 4.79 Å². The summed E-state index contributed by atoms with van der Waals surface area (Å²) in [5.74, 6) is 0.0602. The summed E-state index contributed by atoms with van der Waals surface area (Å²) >= 11 is 0. The first kappa shape index (κ1) is 15.0. The number of carbonyl (C=O) groups is 2. The molecule has 5 nitrogen and oxygen atoms in total. The zero-order valence-electron chi connectivity index (χ0n) is 11.5. The maximum atomic E-state index is 11.9. The molecule has 104 valence electrons.